The summed E-state index contributed by atoms with van der Waals surface area (Å²) in [5, 5.41) is 2.60. The first-order chi connectivity index (χ1) is 12.2. The predicted molar refractivity (Wildman–Crippen MR) is 95.4 cm³/mol. The largest absolute Gasteiger partial charge is 0.448 e. The Kier molecular flexibility index (Phi) is 5.71. The number of amides is 1. The molecule has 0 unspecified atom stereocenters. The molecule has 0 radical (unpaired) electrons. The lowest BCUT2D eigenvalue weighted by atomic mass is 10.1. The second kappa shape index (κ2) is 7.77. The minimum atomic E-state index is -1.06. The van der Waals surface area contributed by atoms with Crippen molar-refractivity contribution < 1.29 is 23.9 Å². The molecule has 0 bridgehead atoms. The van der Waals surface area contributed by atoms with E-state index in [0.29, 0.717) is 16.8 Å². The van der Waals surface area contributed by atoms with Gasteiger partial charge in [-0.1, -0.05) is 12.1 Å². The summed E-state index contributed by atoms with van der Waals surface area (Å²) in [7, 11) is 1.61. The van der Waals surface area contributed by atoms with Crippen molar-refractivity contribution in [3.05, 3.63) is 53.3 Å². The molecule has 0 aliphatic rings. The molecular formula is C19H20N2O5. The molecule has 2 aromatic rings. The van der Waals surface area contributed by atoms with Gasteiger partial charge in [0.25, 0.3) is 5.91 Å². The highest BCUT2D eigenvalue weighted by molar-refractivity contribution is 6.00. The van der Waals surface area contributed by atoms with Gasteiger partial charge >= 0.3 is 5.97 Å². The van der Waals surface area contributed by atoms with Crippen LogP contribution in [0.15, 0.2) is 36.5 Å². The number of benzene rings is 1. The molecule has 7 nitrogen and oxygen atoms in total. The number of ketones is 2. The molecule has 1 aromatic carbocycles. The SMILES string of the molecule is CC(=O)c1cccc(NC(=O)[C@@H](C)OC(=O)c2cc(C(C)=O)cn2C)c1. The Labute approximate surface area is 151 Å². The average Bonchev–Trinajstić information content (AvgIpc) is 2.97. The van der Waals surface area contributed by atoms with Crippen molar-refractivity contribution in [3.63, 3.8) is 0 Å². The predicted octanol–water partition coefficient (Wildman–Crippen LogP) is 2.61. The molecule has 1 amide bonds. The summed E-state index contributed by atoms with van der Waals surface area (Å²) in [5.41, 5.74) is 1.46. The van der Waals surface area contributed by atoms with Crippen LogP contribution in [0.25, 0.3) is 0 Å². The van der Waals surface area contributed by atoms with E-state index < -0.39 is 18.0 Å². The van der Waals surface area contributed by atoms with Gasteiger partial charge < -0.3 is 14.6 Å². The quantitative estimate of drug-likeness (QED) is 0.634. The van der Waals surface area contributed by atoms with Crippen LogP contribution in [0.3, 0.4) is 0 Å². The van der Waals surface area contributed by atoms with Crippen molar-refractivity contribution in [1.82, 2.24) is 4.57 Å². The minimum Gasteiger partial charge on any atom is -0.448 e. The van der Waals surface area contributed by atoms with Gasteiger partial charge in [-0.05, 0) is 39.0 Å². The number of hydrogen-bond acceptors (Lipinski definition) is 5. The number of nitrogens with one attached hydrogen (secondary N) is 1. The van der Waals surface area contributed by atoms with Crippen LogP contribution in [-0.4, -0.2) is 34.1 Å². The van der Waals surface area contributed by atoms with Crippen molar-refractivity contribution in [2.45, 2.75) is 26.9 Å². The monoisotopic (exact) mass is 356 g/mol. The van der Waals surface area contributed by atoms with Crippen molar-refractivity contribution >= 4 is 29.1 Å². The molecule has 7 heteroatoms. The summed E-state index contributed by atoms with van der Waals surface area (Å²) < 4.78 is 6.64. The van der Waals surface area contributed by atoms with Gasteiger partial charge in [0.2, 0.25) is 0 Å². The van der Waals surface area contributed by atoms with Crippen LogP contribution < -0.4 is 5.32 Å². The van der Waals surface area contributed by atoms with Crippen LogP contribution in [0, 0.1) is 0 Å². The van der Waals surface area contributed by atoms with Gasteiger partial charge in [0.05, 0.1) is 0 Å². The maximum absolute atomic E-state index is 12.2. The average molecular weight is 356 g/mol. The fourth-order valence-corrected chi connectivity index (χ4v) is 2.29. The van der Waals surface area contributed by atoms with E-state index in [4.69, 9.17) is 4.74 Å². The molecule has 0 fully saturated rings. The number of hydrogen-bond donors (Lipinski definition) is 1. The van der Waals surface area contributed by atoms with Gasteiger partial charge in [-0.15, -0.1) is 0 Å². The second-order valence-corrected chi connectivity index (χ2v) is 5.95. The number of Topliss-reactive ketones (excluding diaryl/α,β-unsaturated/α-hetero) is 2. The summed E-state index contributed by atoms with van der Waals surface area (Å²) in [6, 6.07) is 7.89. The Morgan fingerprint density at radius 2 is 1.69 bits per heavy atom. The number of esters is 1. The maximum Gasteiger partial charge on any atom is 0.355 e. The summed E-state index contributed by atoms with van der Waals surface area (Å²) >= 11 is 0. The molecule has 1 heterocycles. The third-order valence-corrected chi connectivity index (χ3v) is 3.81. The van der Waals surface area contributed by atoms with Gasteiger partial charge in [-0.25, -0.2) is 4.79 Å². The van der Waals surface area contributed by atoms with Crippen molar-refractivity contribution in [2.75, 3.05) is 5.32 Å². The summed E-state index contributed by atoms with van der Waals surface area (Å²) in [5.74, 6) is -1.53. The highest BCUT2D eigenvalue weighted by Crippen LogP contribution is 2.14. The van der Waals surface area contributed by atoms with Gasteiger partial charge in [0.1, 0.15) is 5.69 Å². The normalized spacial score (nSPS) is 11.5. The molecule has 0 aliphatic heterocycles. The Hall–Kier alpha value is -3.22. The summed E-state index contributed by atoms with van der Waals surface area (Å²) in [6.07, 6.45) is 0.468. The van der Waals surface area contributed by atoms with Crippen LogP contribution in [0.1, 0.15) is 52.0 Å². The molecule has 0 saturated heterocycles. The van der Waals surface area contributed by atoms with Crippen molar-refractivity contribution in [3.8, 4) is 0 Å². The number of carbonyl (C=O) groups is 4. The first-order valence-corrected chi connectivity index (χ1v) is 7.99. The number of anilines is 1. The van der Waals surface area contributed by atoms with Gasteiger partial charge in [-0.2, -0.15) is 0 Å². The Bertz CT molecular complexity index is 882. The van der Waals surface area contributed by atoms with Gasteiger partial charge in [0, 0.05) is 30.1 Å². The first-order valence-electron chi connectivity index (χ1n) is 7.99. The number of carbonyl (C=O) groups excluding carboxylic acids is 4. The Morgan fingerprint density at radius 1 is 1.04 bits per heavy atom. The molecule has 26 heavy (non-hydrogen) atoms. The standard InChI is InChI=1S/C19H20N2O5/c1-11(22)14-6-5-7-16(8-14)20-18(24)13(3)26-19(25)17-9-15(12(2)23)10-21(17)4/h5-10,13H,1-4H3,(H,20,24)/t13-/m1/s1. The smallest absolute Gasteiger partial charge is 0.355 e. The van der Waals surface area contributed by atoms with E-state index in [1.165, 1.54) is 37.6 Å². The Balaban J connectivity index is 2.05. The molecule has 1 atom stereocenters. The van der Waals surface area contributed by atoms with E-state index in [2.05, 4.69) is 5.32 Å². The molecule has 136 valence electrons. The number of aromatic nitrogens is 1. The third kappa shape index (κ3) is 4.44. The molecule has 0 aliphatic carbocycles. The van der Waals surface area contributed by atoms with E-state index in [1.54, 1.807) is 31.3 Å². The van der Waals surface area contributed by atoms with Gasteiger partial charge in [-0.3, -0.25) is 14.4 Å². The fraction of sp³-hybridized carbons (Fsp3) is 0.263. The van der Waals surface area contributed by atoms with E-state index in [9.17, 15) is 19.2 Å². The van der Waals surface area contributed by atoms with Crippen LogP contribution in [0.2, 0.25) is 0 Å². The van der Waals surface area contributed by atoms with Gasteiger partial charge in [0.15, 0.2) is 17.7 Å². The number of ether oxygens (including phenoxy) is 1. The topological polar surface area (TPSA) is 94.5 Å². The lowest BCUT2D eigenvalue weighted by molar-refractivity contribution is -0.123. The first kappa shape index (κ1) is 19.1. The van der Waals surface area contributed by atoms with Crippen LogP contribution in [0.5, 0.6) is 0 Å². The van der Waals surface area contributed by atoms with E-state index in [1.807, 2.05) is 0 Å². The van der Waals surface area contributed by atoms with E-state index in [-0.39, 0.29) is 17.3 Å². The van der Waals surface area contributed by atoms with Crippen LogP contribution >= 0.6 is 0 Å². The van der Waals surface area contributed by atoms with Crippen molar-refractivity contribution in [2.24, 2.45) is 7.05 Å². The van der Waals surface area contributed by atoms with E-state index >= 15 is 0 Å². The number of rotatable bonds is 6. The number of nitrogens with zero attached hydrogens (tertiary/aromatic N) is 1. The fourth-order valence-electron chi connectivity index (χ4n) is 2.29. The zero-order valence-corrected chi connectivity index (χ0v) is 15.0. The van der Waals surface area contributed by atoms with Crippen LogP contribution in [0.4, 0.5) is 5.69 Å². The maximum atomic E-state index is 12.2. The highest BCUT2D eigenvalue weighted by atomic mass is 16.5. The molecular weight excluding hydrogens is 336 g/mol. The third-order valence-electron chi connectivity index (χ3n) is 3.81. The zero-order chi connectivity index (χ0) is 19.4. The molecule has 1 N–H and O–H groups in total. The lowest BCUT2D eigenvalue weighted by Gasteiger charge is -2.14. The molecule has 0 saturated carbocycles. The van der Waals surface area contributed by atoms with Crippen molar-refractivity contribution in [1.29, 1.82) is 0 Å². The molecule has 1 aromatic heterocycles. The second-order valence-electron chi connectivity index (χ2n) is 5.95. The molecule has 2 rings (SSSR count). The molecule has 0 spiro atoms. The lowest BCUT2D eigenvalue weighted by Crippen LogP contribution is -2.30. The minimum absolute atomic E-state index is 0.120. The Morgan fingerprint density at radius 3 is 2.27 bits per heavy atom. The number of aryl methyl sites for hydroxylation is 1. The highest BCUT2D eigenvalue weighted by Gasteiger charge is 2.22. The van der Waals surface area contributed by atoms with E-state index in [0.717, 1.165) is 0 Å². The summed E-state index contributed by atoms with van der Waals surface area (Å²) in [6.45, 7) is 4.27. The zero-order valence-electron chi connectivity index (χ0n) is 15.0. The van der Waals surface area contributed by atoms with Crippen LogP contribution in [-0.2, 0) is 16.6 Å². The summed E-state index contributed by atoms with van der Waals surface area (Å²) in [4.78, 5) is 47.2.